The molecule has 4 heteroatoms. The Labute approximate surface area is 122 Å². The van der Waals surface area contributed by atoms with E-state index in [0.717, 1.165) is 39.3 Å². The van der Waals surface area contributed by atoms with Crippen LogP contribution in [0.1, 0.15) is 16.8 Å². The summed E-state index contributed by atoms with van der Waals surface area (Å²) in [5.41, 5.74) is 4.34. The van der Waals surface area contributed by atoms with Crippen LogP contribution in [0.3, 0.4) is 0 Å². The molecule has 2 rings (SSSR count). The molecule has 0 bridgehead atoms. The summed E-state index contributed by atoms with van der Waals surface area (Å²) < 4.78 is 6.42. The van der Waals surface area contributed by atoms with Gasteiger partial charge in [-0.15, -0.1) is 0 Å². The zero-order valence-corrected chi connectivity index (χ0v) is 12.9. The summed E-state index contributed by atoms with van der Waals surface area (Å²) in [6.07, 6.45) is 1.89. The Morgan fingerprint density at radius 2 is 2.05 bits per heavy atom. The van der Waals surface area contributed by atoms with Gasteiger partial charge in [0.05, 0.1) is 12.8 Å². The maximum Gasteiger partial charge on any atom is 0.143 e. The van der Waals surface area contributed by atoms with E-state index >= 15 is 0 Å². The molecule has 1 heterocycles. The Bertz CT molecular complexity index is 567. The van der Waals surface area contributed by atoms with Gasteiger partial charge in [0.25, 0.3) is 0 Å². The van der Waals surface area contributed by atoms with E-state index in [1.165, 1.54) is 0 Å². The van der Waals surface area contributed by atoms with Crippen LogP contribution in [-0.2, 0) is 6.54 Å². The van der Waals surface area contributed by atoms with Crippen molar-refractivity contribution >= 4 is 21.6 Å². The van der Waals surface area contributed by atoms with Crippen LogP contribution < -0.4 is 10.1 Å². The highest BCUT2D eigenvalue weighted by atomic mass is 79.9. The number of methoxy groups -OCH3 is 1. The van der Waals surface area contributed by atoms with Crippen LogP contribution in [0.5, 0.6) is 5.75 Å². The van der Waals surface area contributed by atoms with Gasteiger partial charge in [-0.05, 0) is 43.2 Å². The van der Waals surface area contributed by atoms with Crippen molar-refractivity contribution < 1.29 is 4.74 Å². The summed E-state index contributed by atoms with van der Waals surface area (Å²) in [5, 5.41) is 3.41. The molecule has 1 N–H and O–H groups in total. The van der Waals surface area contributed by atoms with Crippen LogP contribution in [0.15, 0.2) is 34.9 Å². The van der Waals surface area contributed by atoms with Gasteiger partial charge in [0.15, 0.2) is 0 Å². The van der Waals surface area contributed by atoms with Crippen LogP contribution in [0.25, 0.3) is 0 Å². The van der Waals surface area contributed by atoms with Gasteiger partial charge in [-0.25, -0.2) is 0 Å². The normalized spacial score (nSPS) is 10.3. The van der Waals surface area contributed by atoms with Crippen molar-refractivity contribution in [2.24, 2.45) is 0 Å². The van der Waals surface area contributed by atoms with Crippen LogP contribution in [0.4, 0.5) is 5.69 Å². The minimum absolute atomic E-state index is 0.728. The van der Waals surface area contributed by atoms with Crippen molar-refractivity contribution in [1.82, 2.24) is 4.98 Å². The number of benzene rings is 1. The first-order chi connectivity index (χ1) is 9.10. The molecular weight excluding hydrogens is 304 g/mol. The standard InChI is InChI=1S/C15H17BrN2O/c1-10-6-13(16)7-14(19-3)15(10)18-9-12-5-4-11(2)17-8-12/h4-8,18H,9H2,1-3H3. The van der Waals surface area contributed by atoms with E-state index in [1.807, 2.05) is 25.3 Å². The maximum absolute atomic E-state index is 5.41. The third-order valence-electron chi connectivity index (χ3n) is 2.93. The zero-order valence-electron chi connectivity index (χ0n) is 11.3. The number of nitrogens with zero attached hydrogens (tertiary/aromatic N) is 1. The number of nitrogens with one attached hydrogen (secondary N) is 1. The van der Waals surface area contributed by atoms with E-state index in [9.17, 15) is 0 Å². The van der Waals surface area contributed by atoms with Gasteiger partial charge in [-0.1, -0.05) is 22.0 Å². The number of pyridine rings is 1. The first-order valence-corrected chi connectivity index (χ1v) is 6.89. The van der Waals surface area contributed by atoms with E-state index < -0.39 is 0 Å². The van der Waals surface area contributed by atoms with E-state index in [1.54, 1.807) is 7.11 Å². The second kappa shape index (κ2) is 6.06. The summed E-state index contributed by atoms with van der Waals surface area (Å²) in [7, 11) is 1.68. The Morgan fingerprint density at radius 3 is 2.68 bits per heavy atom. The van der Waals surface area contributed by atoms with E-state index in [4.69, 9.17) is 4.74 Å². The highest BCUT2D eigenvalue weighted by Crippen LogP contribution is 2.32. The first-order valence-electron chi connectivity index (χ1n) is 6.09. The van der Waals surface area contributed by atoms with Crippen molar-refractivity contribution in [3.05, 3.63) is 51.8 Å². The van der Waals surface area contributed by atoms with Gasteiger partial charge in [-0.3, -0.25) is 4.98 Å². The smallest absolute Gasteiger partial charge is 0.143 e. The SMILES string of the molecule is COc1cc(Br)cc(C)c1NCc1ccc(C)nc1. The number of anilines is 1. The summed E-state index contributed by atoms with van der Waals surface area (Å²) in [6, 6.07) is 8.12. The van der Waals surface area contributed by atoms with Crippen LogP contribution in [0, 0.1) is 13.8 Å². The van der Waals surface area contributed by atoms with E-state index in [-0.39, 0.29) is 0 Å². The van der Waals surface area contributed by atoms with Crippen LogP contribution in [0.2, 0.25) is 0 Å². The number of aryl methyl sites for hydroxylation is 2. The molecule has 100 valence electrons. The molecule has 1 aromatic heterocycles. The highest BCUT2D eigenvalue weighted by Gasteiger charge is 2.07. The average Bonchev–Trinajstić information content (AvgIpc) is 2.39. The third-order valence-corrected chi connectivity index (χ3v) is 3.38. The van der Waals surface area contributed by atoms with Crippen LogP contribution >= 0.6 is 15.9 Å². The number of ether oxygens (including phenoxy) is 1. The molecule has 1 aromatic carbocycles. The second-order valence-corrected chi connectivity index (χ2v) is 5.38. The monoisotopic (exact) mass is 320 g/mol. The molecule has 19 heavy (non-hydrogen) atoms. The summed E-state index contributed by atoms with van der Waals surface area (Å²) >= 11 is 3.47. The summed E-state index contributed by atoms with van der Waals surface area (Å²) in [5.74, 6) is 0.840. The molecule has 0 fully saturated rings. The number of aromatic nitrogens is 1. The largest absolute Gasteiger partial charge is 0.495 e. The molecule has 2 aromatic rings. The van der Waals surface area contributed by atoms with Crippen molar-refractivity contribution in [1.29, 1.82) is 0 Å². The number of halogens is 1. The van der Waals surface area contributed by atoms with Crippen molar-refractivity contribution in [2.75, 3.05) is 12.4 Å². The number of hydrogen-bond acceptors (Lipinski definition) is 3. The Kier molecular flexibility index (Phi) is 4.43. The molecular formula is C15H17BrN2O. The molecule has 0 atom stereocenters. The molecule has 0 unspecified atom stereocenters. The molecule has 0 saturated heterocycles. The highest BCUT2D eigenvalue weighted by molar-refractivity contribution is 9.10. The van der Waals surface area contributed by atoms with Crippen molar-refractivity contribution in [3.63, 3.8) is 0 Å². The summed E-state index contributed by atoms with van der Waals surface area (Å²) in [6.45, 7) is 4.77. The lowest BCUT2D eigenvalue weighted by Crippen LogP contribution is -2.03. The Hall–Kier alpha value is -1.55. The molecule has 0 spiro atoms. The van der Waals surface area contributed by atoms with Crippen molar-refractivity contribution in [2.45, 2.75) is 20.4 Å². The number of rotatable bonds is 4. The summed E-state index contributed by atoms with van der Waals surface area (Å²) in [4.78, 5) is 4.29. The molecule has 0 aliphatic heterocycles. The number of hydrogen-bond donors (Lipinski definition) is 1. The minimum atomic E-state index is 0.728. The van der Waals surface area contributed by atoms with E-state index in [0.29, 0.717) is 0 Å². The topological polar surface area (TPSA) is 34.1 Å². The Balaban J connectivity index is 2.17. The second-order valence-electron chi connectivity index (χ2n) is 4.46. The molecule has 0 aliphatic rings. The molecule has 0 radical (unpaired) electrons. The van der Waals surface area contributed by atoms with Gasteiger partial charge in [-0.2, -0.15) is 0 Å². The fourth-order valence-electron chi connectivity index (χ4n) is 1.89. The third kappa shape index (κ3) is 3.47. The predicted molar refractivity (Wildman–Crippen MR) is 81.7 cm³/mol. The lowest BCUT2D eigenvalue weighted by Gasteiger charge is -2.14. The molecule has 0 saturated carbocycles. The molecule has 0 amide bonds. The van der Waals surface area contributed by atoms with Gasteiger partial charge in [0.2, 0.25) is 0 Å². The molecule has 3 nitrogen and oxygen atoms in total. The fraction of sp³-hybridized carbons (Fsp3) is 0.267. The van der Waals surface area contributed by atoms with Crippen LogP contribution in [-0.4, -0.2) is 12.1 Å². The fourth-order valence-corrected chi connectivity index (χ4v) is 2.44. The zero-order chi connectivity index (χ0) is 13.8. The average molecular weight is 321 g/mol. The van der Waals surface area contributed by atoms with Crippen molar-refractivity contribution in [3.8, 4) is 5.75 Å². The van der Waals surface area contributed by atoms with Gasteiger partial charge >= 0.3 is 0 Å². The maximum atomic E-state index is 5.41. The quantitative estimate of drug-likeness (QED) is 0.921. The lowest BCUT2D eigenvalue weighted by atomic mass is 10.1. The predicted octanol–water partition coefficient (Wildman–Crippen LogP) is 4.08. The lowest BCUT2D eigenvalue weighted by molar-refractivity contribution is 0.416. The van der Waals surface area contributed by atoms with E-state index in [2.05, 4.69) is 45.3 Å². The first kappa shape index (κ1) is 13.9. The van der Waals surface area contributed by atoms with Gasteiger partial charge in [0, 0.05) is 22.9 Å². The van der Waals surface area contributed by atoms with Gasteiger partial charge in [0.1, 0.15) is 5.75 Å². The Morgan fingerprint density at radius 1 is 1.26 bits per heavy atom. The minimum Gasteiger partial charge on any atom is -0.495 e. The van der Waals surface area contributed by atoms with Gasteiger partial charge < -0.3 is 10.1 Å². The molecule has 0 aliphatic carbocycles.